The summed E-state index contributed by atoms with van der Waals surface area (Å²) in [6, 6.07) is 20.8. The molecular formula is C19H21N. The summed E-state index contributed by atoms with van der Waals surface area (Å²) < 4.78 is 0. The molecule has 0 aromatic heterocycles. The van der Waals surface area contributed by atoms with E-state index in [0.29, 0.717) is 0 Å². The third-order valence-corrected chi connectivity index (χ3v) is 3.29. The summed E-state index contributed by atoms with van der Waals surface area (Å²) in [7, 11) is 0. The Morgan fingerprint density at radius 3 is 2.15 bits per heavy atom. The fourth-order valence-corrected chi connectivity index (χ4v) is 1.92. The van der Waals surface area contributed by atoms with Crippen molar-refractivity contribution in [1.82, 2.24) is 0 Å². The van der Waals surface area contributed by atoms with Gasteiger partial charge in [0.1, 0.15) is 0 Å². The van der Waals surface area contributed by atoms with Crippen LogP contribution >= 0.6 is 0 Å². The molecule has 0 heterocycles. The standard InChI is InChI=1S/C19H21N/c1-3-16(2)14-19(18-12-8-5-9-13-18)20-15-17-10-6-4-7-11-17/h4-14H,3,15H2,1-2H3/b16-14-,20-19?. The molecule has 1 heteroatoms. The lowest BCUT2D eigenvalue weighted by molar-refractivity contribution is 1.06. The number of nitrogens with zero attached hydrogens (tertiary/aromatic N) is 1. The molecule has 102 valence electrons. The fourth-order valence-electron chi connectivity index (χ4n) is 1.92. The molecule has 0 aliphatic rings. The SMILES string of the molecule is CC/C(C)=C\C(=NCc1ccccc1)c1ccccc1. The average Bonchev–Trinajstić information content (AvgIpc) is 2.53. The van der Waals surface area contributed by atoms with Crippen LogP contribution in [0.15, 0.2) is 77.3 Å². The molecule has 0 spiro atoms. The Labute approximate surface area is 121 Å². The number of hydrogen-bond donors (Lipinski definition) is 0. The quantitative estimate of drug-likeness (QED) is 0.671. The Hall–Kier alpha value is -2.15. The summed E-state index contributed by atoms with van der Waals surface area (Å²) in [4.78, 5) is 4.79. The maximum atomic E-state index is 4.79. The second-order valence-electron chi connectivity index (χ2n) is 4.90. The van der Waals surface area contributed by atoms with Gasteiger partial charge >= 0.3 is 0 Å². The van der Waals surface area contributed by atoms with Crippen LogP contribution in [0.25, 0.3) is 0 Å². The van der Waals surface area contributed by atoms with Crippen molar-refractivity contribution in [3.05, 3.63) is 83.4 Å². The van der Waals surface area contributed by atoms with E-state index in [1.54, 1.807) is 0 Å². The largest absolute Gasteiger partial charge is 0.280 e. The Bertz CT molecular complexity index is 580. The molecule has 0 aliphatic carbocycles. The minimum absolute atomic E-state index is 0.721. The van der Waals surface area contributed by atoms with E-state index in [9.17, 15) is 0 Å². The molecule has 0 saturated heterocycles. The van der Waals surface area contributed by atoms with E-state index in [1.807, 2.05) is 12.1 Å². The zero-order valence-electron chi connectivity index (χ0n) is 12.2. The summed E-state index contributed by atoms with van der Waals surface area (Å²) in [5.74, 6) is 0. The van der Waals surface area contributed by atoms with Crippen LogP contribution in [0.5, 0.6) is 0 Å². The first-order valence-electron chi connectivity index (χ1n) is 7.10. The Balaban J connectivity index is 2.27. The van der Waals surface area contributed by atoms with E-state index in [-0.39, 0.29) is 0 Å². The summed E-state index contributed by atoms with van der Waals surface area (Å²) in [5, 5.41) is 0. The predicted octanol–water partition coefficient (Wildman–Crippen LogP) is 5.03. The lowest BCUT2D eigenvalue weighted by atomic mass is 10.1. The lowest BCUT2D eigenvalue weighted by Gasteiger charge is -2.05. The van der Waals surface area contributed by atoms with Crippen molar-refractivity contribution < 1.29 is 0 Å². The predicted molar refractivity (Wildman–Crippen MR) is 87.2 cm³/mol. The van der Waals surface area contributed by atoms with Crippen molar-refractivity contribution in [2.75, 3.05) is 0 Å². The van der Waals surface area contributed by atoms with Gasteiger partial charge < -0.3 is 0 Å². The highest BCUT2D eigenvalue weighted by atomic mass is 14.7. The Morgan fingerprint density at radius 2 is 1.55 bits per heavy atom. The van der Waals surface area contributed by atoms with Gasteiger partial charge in [0.25, 0.3) is 0 Å². The molecule has 0 amide bonds. The van der Waals surface area contributed by atoms with E-state index in [0.717, 1.165) is 18.7 Å². The van der Waals surface area contributed by atoms with Gasteiger partial charge in [-0.3, -0.25) is 4.99 Å². The highest BCUT2D eigenvalue weighted by Gasteiger charge is 2.00. The number of allylic oxidation sites excluding steroid dienone is 2. The van der Waals surface area contributed by atoms with Crippen LogP contribution in [-0.4, -0.2) is 5.71 Å². The van der Waals surface area contributed by atoms with Crippen molar-refractivity contribution in [2.24, 2.45) is 4.99 Å². The van der Waals surface area contributed by atoms with Crippen LogP contribution in [0.3, 0.4) is 0 Å². The third-order valence-electron chi connectivity index (χ3n) is 3.29. The molecule has 1 nitrogen and oxygen atoms in total. The van der Waals surface area contributed by atoms with Crippen molar-refractivity contribution in [3.63, 3.8) is 0 Å². The van der Waals surface area contributed by atoms with Gasteiger partial charge in [-0.15, -0.1) is 0 Å². The Morgan fingerprint density at radius 1 is 0.950 bits per heavy atom. The zero-order valence-corrected chi connectivity index (χ0v) is 12.2. The molecule has 0 aliphatic heterocycles. The molecule has 0 radical (unpaired) electrons. The van der Waals surface area contributed by atoms with Crippen LogP contribution in [0, 0.1) is 0 Å². The van der Waals surface area contributed by atoms with Gasteiger partial charge in [-0.05, 0) is 30.5 Å². The molecule has 2 aromatic carbocycles. The van der Waals surface area contributed by atoms with Gasteiger partial charge in [0.05, 0.1) is 12.3 Å². The average molecular weight is 263 g/mol. The molecule has 0 saturated carbocycles. The minimum Gasteiger partial charge on any atom is -0.280 e. The van der Waals surface area contributed by atoms with Gasteiger partial charge in [-0.25, -0.2) is 0 Å². The first kappa shape index (κ1) is 14.3. The monoisotopic (exact) mass is 263 g/mol. The highest BCUT2D eigenvalue weighted by molar-refractivity contribution is 6.09. The van der Waals surface area contributed by atoms with Crippen molar-refractivity contribution in [2.45, 2.75) is 26.8 Å². The van der Waals surface area contributed by atoms with E-state index < -0.39 is 0 Å². The molecule has 20 heavy (non-hydrogen) atoms. The summed E-state index contributed by atoms with van der Waals surface area (Å²) in [6.45, 7) is 5.05. The Kier molecular flexibility index (Phi) is 5.31. The molecular weight excluding hydrogens is 242 g/mol. The number of hydrogen-bond acceptors (Lipinski definition) is 1. The third kappa shape index (κ3) is 4.20. The smallest absolute Gasteiger partial charge is 0.0650 e. The maximum Gasteiger partial charge on any atom is 0.0650 e. The molecule has 2 aromatic rings. The maximum absolute atomic E-state index is 4.79. The summed E-state index contributed by atoms with van der Waals surface area (Å²) in [5.41, 5.74) is 4.83. The van der Waals surface area contributed by atoms with E-state index in [1.165, 1.54) is 16.7 Å². The minimum atomic E-state index is 0.721. The fraction of sp³-hybridized carbons (Fsp3) is 0.211. The van der Waals surface area contributed by atoms with Crippen molar-refractivity contribution in [1.29, 1.82) is 0 Å². The second-order valence-corrected chi connectivity index (χ2v) is 4.90. The summed E-state index contributed by atoms with van der Waals surface area (Å²) >= 11 is 0. The van der Waals surface area contributed by atoms with E-state index >= 15 is 0 Å². The molecule has 0 unspecified atom stereocenters. The lowest BCUT2D eigenvalue weighted by Crippen LogP contribution is -1.99. The van der Waals surface area contributed by atoms with E-state index in [2.05, 4.69) is 68.5 Å². The van der Waals surface area contributed by atoms with Crippen molar-refractivity contribution >= 4 is 5.71 Å². The van der Waals surface area contributed by atoms with Crippen LogP contribution in [0.2, 0.25) is 0 Å². The van der Waals surface area contributed by atoms with Crippen LogP contribution in [0.4, 0.5) is 0 Å². The number of aliphatic imine (C=N–C) groups is 1. The first-order chi connectivity index (χ1) is 9.79. The molecule has 2 rings (SSSR count). The molecule has 0 bridgehead atoms. The van der Waals surface area contributed by atoms with Gasteiger partial charge in [0.2, 0.25) is 0 Å². The van der Waals surface area contributed by atoms with Gasteiger partial charge in [0, 0.05) is 0 Å². The van der Waals surface area contributed by atoms with Gasteiger partial charge in [-0.2, -0.15) is 0 Å². The number of rotatable bonds is 5. The van der Waals surface area contributed by atoms with Crippen LogP contribution < -0.4 is 0 Å². The second kappa shape index (κ2) is 7.44. The van der Waals surface area contributed by atoms with E-state index in [4.69, 9.17) is 4.99 Å². The summed E-state index contributed by atoms with van der Waals surface area (Å²) in [6.07, 6.45) is 3.25. The topological polar surface area (TPSA) is 12.4 Å². The highest BCUT2D eigenvalue weighted by Crippen LogP contribution is 2.09. The molecule has 0 fully saturated rings. The molecule has 0 N–H and O–H groups in total. The van der Waals surface area contributed by atoms with Crippen LogP contribution in [-0.2, 0) is 6.54 Å². The first-order valence-corrected chi connectivity index (χ1v) is 7.10. The van der Waals surface area contributed by atoms with Crippen LogP contribution in [0.1, 0.15) is 31.4 Å². The van der Waals surface area contributed by atoms with Crippen molar-refractivity contribution in [3.8, 4) is 0 Å². The normalized spacial score (nSPS) is 12.5. The zero-order chi connectivity index (χ0) is 14.2. The van der Waals surface area contributed by atoms with Gasteiger partial charge in [0.15, 0.2) is 0 Å². The number of benzene rings is 2. The van der Waals surface area contributed by atoms with Gasteiger partial charge in [-0.1, -0.05) is 73.2 Å². The molecule has 0 atom stereocenters.